The van der Waals surface area contributed by atoms with E-state index in [4.69, 9.17) is 26.9 Å². The first kappa shape index (κ1) is 30.3. The molecule has 0 atom stereocenters. The lowest BCUT2D eigenvalue weighted by molar-refractivity contribution is -0.385. The van der Waals surface area contributed by atoms with E-state index in [0.717, 1.165) is 12.8 Å². The van der Waals surface area contributed by atoms with E-state index in [0.29, 0.717) is 32.5 Å². The predicted octanol–water partition coefficient (Wildman–Crippen LogP) is 4.07. The highest BCUT2D eigenvalue weighted by Crippen LogP contribution is 2.35. The number of nitro groups is 1. The van der Waals surface area contributed by atoms with Crippen LogP contribution in [-0.2, 0) is 34.2 Å². The second kappa shape index (κ2) is 15.3. The summed E-state index contributed by atoms with van der Waals surface area (Å²) < 4.78 is 58.1. The summed E-state index contributed by atoms with van der Waals surface area (Å²) in [5.74, 6) is 0.176. The minimum atomic E-state index is -3.98. The van der Waals surface area contributed by atoms with Gasteiger partial charge in [-0.05, 0) is 39.7 Å². The van der Waals surface area contributed by atoms with E-state index < -0.39 is 30.5 Å². The van der Waals surface area contributed by atoms with Crippen molar-refractivity contribution in [3.8, 4) is 11.5 Å². The summed E-state index contributed by atoms with van der Waals surface area (Å²) in [7, 11) is -5.55. The molecular formula is C21H37NO10SSi. The molecule has 0 bridgehead atoms. The minimum absolute atomic E-state index is 0.0648. The molecular weight excluding hydrogens is 486 g/mol. The maximum Gasteiger partial charge on any atom is 0.500 e. The van der Waals surface area contributed by atoms with Crippen molar-refractivity contribution in [2.24, 2.45) is 0 Å². The summed E-state index contributed by atoms with van der Waals surface area (Å²) in [5, 5.41) is 11.6. The lowest BCUT2D eigenvalue weighted by atomic mass is 10.1. The largest absolute Gasteiger partial charge is 0.500 e. The molecule has 34 heavy (non-hydrogen) atoms. The quantitative estimate of drug-likeness (QED) is 0.0859. The smallest absolute Gasteiger partial charge is 0.493 e. The molecule has 0 fully saturated rings. The molecule has 0 aliphatic carbocycles. The van der Waals surface area contributed by atoms with Gasteiger partial charge in [0.05, 0.1) is 42.6 Å². The summed E-state index contributed by atoms with van der Waals surface area (Å²) in [6.07, 6.45) is 1.88. The Balaban J connectivity index is 2.90. The molecule has 0 radical (unpaired) electrons. The molecule has 0 saturated heterocycles. The lowest BCUT2D eigenvalue weighted by Gasteiger charge is -2.28. The Morgan fingerprint density at radius 2 is 1.59 bits per heavy atom. The van der Waals surface area contributed by atoms with E-state index in [9.17, 15) is 18.5 Å². The molecule has 0 aromatic heterocycles. The number of unbranched alkanes of at least 4 members (excludes halogenated alkanes) is 1. The van der Waals surface area contributed by atoms with Crippen molar-refractivity contribution >= 4 is 24.6 Å². The molecule has 0 unspecified atom stereocenters. The topological polar surface area (TPSA) is 133 Å². The third-order valence-corrected chi connectivity index (χ3v) is 9.10. The maximum atomic E-state index is 12.5. The van der Waals surface area contributed by atoms with Crippen LogP contribution in [0.3, 0.4) is 0 Å². The summed E-state index contributed by atoms with van der Waals surface area (Å²) in [6, 6.07) is 2.90. The number of nitro benzene ring substituents is 1. The van der Waals surface area contributed by atoms with Crippen molar-refractivity contribution in [3.05, 3.63) is 27.8 Å². The second-order valence-corrected chi connectivity index (χ2v) is 11.7. The van der Waals surface area contributed by atoms with Crippen LogP contribution in [0.5, 0.6) is 11.5 Å². The Morgan fingerprint density at radius 3 is 2.09 bits per heavy atom. The first-order chi connectivity index (χ1) is 16.2. The average molecular weight is 524 g/mol. The second-order valence-electron chi connectivity index (χ2n) is 7.20. The summed E-state index contributed by atoms with van der Waals surface area (Å²) in [5.41, 5.74) is -0.243. The van der Waals surface area contributed by atoms with E-state index >= 15 is 0 Å². The average Bonchev–Trinajstić information content (AvgIpc) is 2.78. The SMILES string of the molecule is CCCCOc1cc([N+](=O)[O-])c(COS(=O)(=O)CCC[Si](OCC)(OCC)OCC)cc1OC. The number of hydrogen-bond acceptors (Lipinski definition) is 10. The lowest BCUT2D eigenvalue weighted by Crippen LogP contribution is -2.46. The van der Waals surface area contributed by atoms with Crippen molar-refractivity contribution in [3.63, 3.8) is 0 Å². The highest BCUT2D eigenvalue weighted by atomic mass is 32.2. The third-order valence-electron chi connectivity index (χ3n) is 4.68. The van der Waals surface area contributed by atoms with Crippen LogP contribution in [0.15, 0.2) is 12.1 Å². The van der Waals surface area contributed by atoms with Crippen LogP contribution in [-0.4, -0.2) is 61.4 Å². The molecule has 1 rings (SSSR count). The monoisotopic (exact) mass is 523 g/mol. The summed E-state index contributed by atoms with van der Waals surface area (Å²) in [4.78, 5) is 11.0. The minimum Gasteiger partial charge on any atom is -0.493 e. The molecule has 1 aromatic carbocycles. The predicted molar refractivity (Wildman–Crippen MR) is 129 cm³/mol. The number of methoxy groups -OCH3 is 1. The van der Waals surface area contributed by atoms with Gasteiger partial charge in [-0.1, -0.05) is 13.3 Å². The first-order valence-electron chi connectivity index (χ1n) is 11.4. The van der Waals surface area contributed by atoms with Gasteiger partial charge in [0.15, 0.2) is 11.5 Å². The molecule has 196 valence electrons. The van der Waals surface area contributed by atoms with E-state index in [2.05, 4.69) is 0 Å². The van der Waals surface area contributed by atoms with Gasteiger partial charge >= 0.3 is 8.80 Å². The van der Waals surface area contributed by atoms with Gasteiger partial charge in [0, 0.05) is 25.9 Å². The molecule has 0 aliphatic heterocycles. The molecule has 0 amide bonds. The van der Waals surface area contributed by atoms with Gasteiger partial charge in [0.2, 0.25) is 0 Å². The Labute approximate surface area is 203 Å². The van der Waals surface area contributed by atoms with E-state index in [1.807, 2.05) is 27.7 Å². The zero-order valence-electron chi connectivity index (χ0n) is 20.7. The first-order valence-corrected chi connectivity index (χ1v) is 14.9. The van der Waals surface area contributed by atoms with Crippen LogP contribution in [0.25, 0.3) is 0 Å². The van der Waals surface area contributed by atoms with Crippen LogP contribution in [0, 0.1) is 10.1 Å². The van der Waals surface area contributed by atoms with Gasteiger partial charge in [-0.15, -0.1) is 0 Å². The number of nitrogens with zero attached hydrogens (tertiary/aromatic N) is 1. The molecule has 0 spiro atoms. The Bertz CT molecular complexity index is 848. The van der Waals surface area contributed by atoms with Gasteiger partial charge in [0.1, 0.15) is 0 Å². The molecule has 0 N–H and O–H groups in total. The van der Waals surface area contributed by atoms with Crippen molar-refractivity contribution in [2.75, 3.05) is 39.3 Å². The van der Waals surface area contributed by atoms with Gasteiger partial charge in [-0.2, -0.15) is 8.42 Å². The fraction of sp³-hybridized carbons (Fsp3) is 0.714. The van der Waals surface area contributed by atoms with Crippen LogP contribution >= 0.6 is 0 Å². The molecule has 0 heterocycles. The zero-order valence-corrected chi connectivity index (χ0v) is 22.5. The van der Waals surface area contributed by atoms with Crippen LogP contribution in [0.1, 0.15) is 52.5 Å². The van der Waals surface area contributed by atoms with Gasteiger partial charge in [-0.3, -0.25) is 14.3 Å². The van der Waals surface area contributed by atoms with E-state index in [-0.39, 0.29) is 34.9 Å². The van der Waals surface area contributed by atoms with Crippen molar-refractivity contribution in [1.29, 1.82) is 0 Å². The molecule has 11 nitrogen and oxygen atoms in total. The highest BCUT2D eigenvalue weighted by Gasteiger charge is 2.40. The Morgan fingerprint density at radius 1 is 0.971 bits per heavy atom. The van der Waals surface area contributed by atoms with Crippen LogP contribution in [0.2, 0.25) is 6.04 Å². The maximum absolute atomic E-state index is 12.5. The fourth-order valence-corrected chi connectivity index (χ4v) is 6.95. The summed E-state index contributed by atoms with van der Waals surface area (Å²) in [6.45, 7) is 8.50. The van der Waals surface area contributed by atoms with Crippen LogP contribution < -0.4 is 9.47 Å². The van der Waals surface area contributed by atoms with Crippen molar-refractivity contribution < 1.29 is 40.3 Å². The highest BCUT2D eigenvalue weighted by molar-refractivity contribution is 7.86. The molecule has 0 aliphatic rings. The standard InChI is InChI=1S/C21H37NO10SSi/c1-6-10-12-28-21-16-19(22(23)24)18(15-20(21)27-5)17-29-33(25,26)13-11-14-34(30-7-2,31-8-3)32-9-4/h15-16H,6-14,17H2,1-5H3. The van der Waals surface area contributed by atoms with Gasteiger partial charge in [0.25, 0.3) is 15.8 Å². The normalized spacial score (nSPS) is 12.0. The van der Waals surface area contributed by atoms with Gasteiger partial charge < -0.3 is 22.8 Å². The molecule has 13 heteroatoms. The van der Waals surface area contributed by atoms with Gasteiger partial charge in [-0.25, -0.2) is 0 Å². The van der Waals surface area contributed by atoms with E-state index in [1.54, 1.807) is 0 Å². The Hall–Kier alpha value is -1.77. The molecule has 0 saturated carbocycles. The Kier molecular flexibility index (Phi) is 13.6. The number of ether oxygens (including phenoxy) is 2. The van der Waals surface area contributed by atoms with Crippen LogP contribution in [0.4, 0.5) is 5.69 Å². The number of hydrogen-bond donors (Lipinski definition) is 0. The molecule has 1 aromatic rings. The van der Waals surface area contributed by atoms with Crippen molar-refractivity contribution in [2.45, 2.75) is 59.6 Å². The fourth-order valence-electron chi connectivity index (χ4n) is 3.15. The summed E-state index contributed by atoms with van der Waals surface area (Å²) >= 11 is 0. The third kappa shape index (κ3) is 9.84. The van der Waals surface area contributed by atoms with Crippen molar-refractivity contribution in [1.82, 2.24) is 0 Å². The van der Waals surface area contributed by atoms with E-state index in [1.165, 1.54) is 19.2 Å². The number of rotatable bonds is 19. The zero-order chi connectivity index (χ0) is 25.6. The number of benzene rings is 1.